The average molecular weight is 268 g/mol. The van der Waals surface area contributed by atoms with E-state index >= 15 is 0 Å². The van der Waals surface area contributed by atoms with Crippen LogP contribution in [0.25, 0.3) is 0 Å². The topological polar surface area (TPSA) is 70.7 Å². The standard InChI is InChI=1S/C15H16N4O/c1-10(14-9-17-19(3)11(14)2)18-15(20)13-6-4-12(8-16)5-7-13/h4-7,9-10H,1-3H3,(H,18,20). The number of amides is 1. The fourth-order valence-electron chi connectivity index (χ4n) is 1.99. The molecule has 0 fully saturated rings. The van der Waals surface area contributed by atoms with Crippen LogP contribution in [0, 0.1) is 18.3 Å². The van der Waals surface area contributed by atoms with Crippen molar-refractivity contribution in [2.75, 3.05) is 0 Å². The first-order chi connectivity index (χ1) is 9.52. The van der Waals surface area contributed by atoms with Gasteiger partial charge >= 0.3 is 0 Å². The molecule has 1 N–H and O–H groups in total. The number of aryl methyl sites for hydroxylation is 1. The number of nitrogens with zero attached hydrogens (tertiary/aromatic N) is 3. The maximum Gasteiger partial charge on any atom is 0.251 e. The molecule has 0 radical (unpaired) electrons. The van der Waals surface area contributed by atoms with Crippen molar-refractivity contribution < 1.29 is 4.79 Å². The SMILES string of the molecule is Cc1c(C(C)NC(=O)c2ccc(C#N)cc2)cnn1C. The zero-order valence-corrected chi connectivity index (χ0v) is 11.7. The summed E-state index contributed by atoms with van der Waals surface area (Å²) < 4.78 is 1.78. The van der Waals surface area contributed by atoms with Gasteiger partial charge in [-0.25, -0.2) is 0 Å². The minimum atomic E-state index is -0.162. The molecule has 2 rings (SSSR count). The third-order valence-corrected chi connectivity index (χ3v) is 3.36. The van der Waals surface area contributed by atoms with Gasteiger partial charge in [-0.15, -0.1) is 0 Å². The Balaban J connectivity index is 2.11. The van der Waals surface area contributed by atoms with Crippen LogP contribution in [-0.4, -0.2) is 15.7 Å². The van der Waals surface area contributed by atoms with E-state index in [9.17, 15) is 4.79 Å². The van der Waals surface area contributed by atoms with Crippen molar-refractivity contribution in [1.82, 2.24) is 15.1 Å². The molecule has 1 atom stereocenters. The minimum Gasteiger partial charge on any atom is -0.345 e. The van der Waals surface area contributed by atoms with Gasteiger partial charge in [-0.1, -0.05) is 0 Å². The van der Waals surface area contributed by atoms with E-state index in [1.807, 2.05) is 27.0 Å². The van der Waals surface area contributed by atoms with Crippen molar-refractivity contribution in [2.24, 2.45) is 7.05 Å². The number of benzene rings is 1. The average Bonchev–Trinajstić information content (AvgIpc) is 2.79. The molecule has 0 aliphatic carbocycles. The van der Waals surface area contributed by atoms with Crippen LogP contribution in [0.2, 0.25) is 0 Å². The zero-order valence-electron chi connectivity index (χ0n) is 11.7. The Kier molecular flexibility index (Phi) is 3.85. The van der Waals surface area contributed by atoms with Gasteiger partial charge in [-0.3, -0.25) is 9.48 Å². The molecule has 0 saturated carbocycles. The van der Waals surface area contributed by atoms with Crippen molar-refractivity contribution in [2.45, 2.75) is 19.9 Å². The predicted molar refractivity (Wildman–Crippen MR) is 75.0 cm³/mol. The van der Waals surface area contributed by atoms with Gasteiger partial charge in [0.1, 0.15) is 0 Å². The van der Waals surface area contributed by atoms with Crippen molar-refractivity contribution in [3.8, 4) is 6.07 Å². The van der Waals surface area contributed by atoms with Gasteiger partial charge in [0.15, 0.2) is 0 Å². The van der Waals surface area contributed by atoms with Gasteiger partial charge in [0.2, 0.25) is 0 Å². The summed E-state index contributed by atoms with van der Waals surface area (Å²) in [7, 11) is 1.87. The lowest BCUT2D eigenvalue weighted by atomic mass is 10.1. The number of aromatic nitrogens is 2. The number of carbonyl (C=O) groups is 1. The summed E-state index contributed by atoms with van der Waals surface area (Å²) in [6.45, 7) is 3.89. The van der Waals surface area contributed by atoms with Gasteiger partial charge in [0.05, 0.1) is 23.9 Å². The summed E-state index contributed by atoms with van der Waals surface area (Å²) in [6, 6.07) is 8.48. The minimum absolute atomic E-state index is 0.119. The van der Waals surface area contributed by atoms with E-state index < -0.39 is 0 Å². The van der Waals surface area contributed by atoms with Crippen molar-refractivity contribution >= 4 is 5.91 Å². The second kappa shape index (κ2) is 5.57. The summed E-state index contributed by atoms with van der Waals surface area (Å²) in [4.78, 5) is 12.1. The largest absolute Gasteiger partial charge is 0.345 e. The van der Waals surface area contributed by atoms with E-state index in [1.165, 1.54) is 0 Å². The Bertz CT molecular complexity index is 664. The summed E-state index contributed by atoms with van der Waals surface area (Å²) in [5.41, 5.74) is 3.10. The summed E-state index contributed by atoms with van der Waals surface area (Å²) >= 11 is 0. The van der Waals surface area contributed by atoms with Crippen LogP contribution >= 0.6 is 0 Å². The second-order valence-electron chi connectivity index (χ2n) is 4.69. The predicted octanol–water partition coefficient (Wildman–Crippen LogP) is 2.09. The first kappa shape index (κ1) is 13.8. The van der Waals surface area contributed by atoms with Gasteiger partial charge in [0.25, 0.3) is 5.91 Å². The van der Waals surface area contributed by atoms with Gasteiger partial charge in [-0.05, 0) is 38.1 Å². The molecule has 0 spiro atoms. The summed E-state index contributed by atoms with van der Waals surface area (Å²) in [5.74, 6) is -0.162. The molecule has 5 nitrogen and oxygen atoms in total. The summed E-state index contributed by atoms with van der Waals surface area (Å²) in [5, 5.41) is 15.8. The molecule has 1 unspecified atom stereocenters. The Morgan fingerprint density at radius 2 is 2.05 bits per heavy atom. The van der Waals surface area contributed by atoms with E-state index in [0.717, 1.165) is 11.3 Å². The third-order valence-electron chi connectivity index (χ3n) is 3.36. The number of nitriles is 1. The van der Waals surface area contributed by atoms with E-state index in [4.69, 9.17) is 5.26 Å². The molecule has 5 heteroatoms. The molecule has 20 heavy (non-hydrogen) atoms. The Morgan fingerprint density at radius 1 is 1.40 bits per heavy atom. The first-order valence-electron chi connectivity index (χ1n) is 6.32. The van der Waals surface area contributed by atoms with Crippen molar-refractivity contribution in [3.05, 3.63) is 52.8 Å². The van der Waals surface area contributed by atoms with Gasteiger partial charge < -0.3 is 5.32 Å². The highest BCUT2D eigenvalue weighted by Crippen LogP contribution is 2.16. The van der Waals surface area contributed by atoms with Crippen LogP contribution in [0.3, 0.4) is 0 Å². The Morgan fingerprint density at radius 3 is 2.55 bits per heavy atom. The molecule has 102 valence electrons. The van der Waals surface area contributed by atoms with Crippen LogP contribution in [0.5, 0.6) is 0 Å². The van der Waals surface area contributed by atoms with Gasteiger partial charge in [-0.2, -0.15) is 10.4 Å². The van der Waals surface area contributed by atoms with Crippen LogP contribution in [-0.2, 0) is 7.05 Å². The van der Waals surface area contributed by atoms with Crippen molar-refractivity contribution in [3.63, 3.8) is 0 Å². The lowest BCUT2D eigenvalue weighted by Crippen LogP contribution is -2.26. The van der Waals surface area contributed by atoms with E-state index in [-0.39, 0.29) is 11.9 Å². The highest BCUT2D eigenvalue weighted by atomic mass is 16.1. The quantitative estimate of drug-likeness (QED) is 0.926. The number of carbonyl (C=O) groups excluding carboxylic acids is 1. The number of nitrogens with one attached hydrogen (secondary N) is 1. The zero-order chi connectivity index (χ0) is 14.7. The number of hydrogen-bond donors (Lipinski definition) is 1. The fraction of sp³-hybridized carbons (Fsp3) is 0.267. The van der Waals surface area contributed by atoms with E-state index in [1.54, 1.807) is 35.1 Å². The lowest BCUT2D eigenvalue weighted by molar-refractivity contribution is 0.0940. The van der Waals surface area contributed by atoms with E-state index in [0.29, 0.717) is 11.1 Å². The van der Waals surface area contributed by atoms with E-state index in [2.05, 4.69) is 10.4 Å². The molecule has 0 aliphatic heterocycles. The molecular weight excluding hydrogens is 252 g/mol. The van der Waals surface area contributed by atoms with Crippen LogP contribution < -0.4 is 5.32 Å². The van der Waals surface area contributed by atoms with Crippen LogP contribution in [0.4, 0.5) is 0 Å². The Labute approximate surface area is 117 Å². The molecule has 0 saturated heterocycles. The third kappa shape index (κ3) is 2.69. The molecule has 1 aromatic carbocycles. The van der Waals surface area contributed by atoms with Crippen LogP contribution in [0.1, 0.15) is 40.1 Å². The maximum absolute atomic E-state index is 12.1. The molecular formula is C15H16N4O. The smallest absolute Gasteiger partial charge is 0.251 e. The van der Waals surface area contributed by atoms with Gasteiger partial charge in [0, 0.05) is 23.9 Å². The first-order valence-corrected chi connectivity index (χ1v) is 6.32. The highest BCUT2D eigenvalue weighted by Gasteiger charge is 2.15. The number of rotatable bonds is 3. The monoisotopic (exact) mass is 268 g/mol. The molecule has 1 amide bonds. The highest BCUT2D eigenvalue weighted by molar-refractivity contribution is 5.94. The van der Waals surface area contributed by atoms with Crippen molar-refractivity contribution in [1.29, 1.82) is 5.26 Å². The molecule has 2 aromatic rings. The van der Waals surface area contributed by atoms with Crippen LogP contribution in [0.15, 0.2) is 30.5 Å². The normalized spacial score (nSPS) is 11.7. The molecule has 1 heterocycles. The number of hydrogen-bond acceptors (Lipinski definition) is 3. The molecule has 0 bridgehead atoms. The maximum atomic E-state index is 12.1. The fourth-order valence-corrected chi connectivity index (χ4v) is 1.99. The lowest BCUT2D eigenvalue weighted by Gasteiger charge is -2.13. The second-order valence-corrected chi connectivity index (χ2v) is 4.69. The molecule has 0 aliphatic rings. The Hall–Kier alpha value is -2.61. The summed E-state index contributed by atoms with van der Waals surface area (Å²) in [6.07, 6.45) is 1.76. The molecule has 1 aromatic heterocycles.